The summed E-state index contributed by atoms with van der Waals surface area (Å²) in [5, 5.41) is 4.83. The van der Waals surface area contributed by atoms with Crippen LogP contribution in [0.2, 0.25) is 10.0 Å². The van der Waals surface area contributed by atoms with Crippen molar-refractivity contribution in [1.29, 1.82) is 0 Å². The summed E-state index contributed by atoms with van der Waals surface area (Å²) in [6.45, 7) is 6.41. The third-order valence-electron chi connectivity index (χ3n) is 3.07. The highest BCUT2D eigenvalue weighted by Gasteiger charge is 2.09. The van der Waals surface area contributed by atoms with Gasteiger partial charge in [0.25, 0.3) is 0 Å². The van der Waals surface area contributed by atoms with E-state index in [0.29, 0.717) is 6.54 Å². The zero-order valence-electron chi connectivity index (χ0n) is 10.3. The van der Waals surface area contributed by atoms with Crippen molar-refractivity contribution in [3.8, 4) is 0 Å². The van der Waals surface area contributed by atoms with Crippen molar-refractivity contribution in [2.45, 2.75) is 6.54 Å². The molecule has 0 saturated carbocycles. The number of nitrogens with zero attached hydrogens (tertiary/aromatic N) is 1. The minimum Gasteiger partial charge on any atom is -0.379 e. The molecule has 1 saturated heterocycles. The number of halogens is 2. The summed E-state index contributed by atoms with van der Waals surface area (Å²) >= 11 is 12.2. The highest BCUT2D eigenvalue weighted by Crippen LogP contribution is 2.23. The number of rotatable bonds is 5. The SMILES string of the molecule is Clc1cccc(Cl)c1CNCCN1CCOCC1. The van der Waals surface area contributed by atoms with E-state index < -0.39 is 0 Å². The quantitative estimate of drug-likeness (QED) is 0.843. The minimum atomic E-state index is 0.711. The molecule has 1 fully saturated rings. The minimum absolute atomic E-state index is 0.711. The maximum absolute atomic E-state index is 6.11. The zero-order chi connectivity index (χ0) is 12.8. The van der Waals surface area contributed by atoms with Gasteiger partial charge in [-0.3, -0.25) is 4.90 Å². The molecule has 1 heterocycles. The van der Waals surface area contributed by atoms with Crippen LogP contribution in [-0.2, 0) is 11.3 Å². The van der Waals surface area contributed by atoms with E-state index in [1.807, 2.05) is 18.2 Å². The highest BCUT2D eigenvalue weighted by atomic mass is 35.5. The van der Waals surface area contributed by atoms with Gasteiger partial charge in [-0.2, -0.15) is 0 Å². The van der Waals surface area contributed by atoms with Gasteiger partial charge in [-0.25, -0.2) is 0 Å². The first kappa shape index (κ1) is 14.1. The van der Waals surface area contributed by atoms with E-state index >= 15 is 0 Å². The van der Waals surface area contributed by atoms with Gasteiger partial charge in [0.2, 0.25) is 0 Å². The molecular formula is C13H18Cl2N2O. The number of hydrogen-bond acceptors (Lipinski definition) is 3. The molecule has 0 atom stereocenters. The van der Waals surface area contributed by atoms with Crippen LogP contribution in [0.4, 0.5) is 0 Å². The molecule has 1 aromatic rings. The van der Waals surface area contributed by atoms with Gasteiger partial charge >= 0.3 is 0 Å². The largest absolute Gasteiger partial charge is 0.379 e. The van der Waals surface area contributed by atoms with Crippen LogP contribution in [0.1, 0.15) is 5.56 Å². The number of morpholine rings is 1. The fourth-order valence-electron chi connectivity index (χ4n) is 1.98. The molecule has 1 aromatic carbocycles. The van der Waals surface area contributed by atoms with Crippen molar-refractivity contribution >= 4 is 23.2 Å². The molecule has 18 heavy (non-hydrogen) atoms. The van der Waals surface area contributed by atoms with Crippen LogP contribution in [0, 0.1) is 0 Å². The fraction of sp³-hybridized carbons (Fsp3) is 0.538. The average molecular weight is 289 g/mol. The molecule has 0 aliphatic carbocycles. The summed E-state index contributed by atoms with van der Waals surface area (Å²) < 4.78 is 5.31. The second-order valence-corrected chi connectivity index (χ2v) is 5.15. The first-order valence-corrected chi connectivity index (χ1v) is 6.96. The molecule has 0 unspecified atom stereocenters. The molecular weight excluding hydrogens is 271 g/mol. The molecule has 0 amide bonds. The van der Waals surface area contributed by atoms with E-state index in [1.165, 1.54) is 0 Å². The molecule has 0 radical (unpaired) electrons. The monoisotopic (exact) mass is 288 g/mol. The maximum Gasteiger partial charge on any atom is 0.0594 e. The Bertz CT molecular complexity index is 361. The fourth-order valence-corrected chi connectivity index (χ4v) is 2.51. The first-order chi connectivity index (χ1) is 8.77. The molecule has 0 bridgehead atoms. The van der Waals surface area contributed by atoms with Crippen molar-refractivity contribution < 1.29 is 4.74 Å². The molecule has 3 nitrogen and oxygen atoms in total. The smallest absolute Gasteiger partial charge is 0.0594 e. The maximum atomic E-state index is 6.11. The lowest BCUT2D eigenvalue weighted by atomic mass is 10.2. The summed E-state index contributed by atoms with van der Waals surface area (Å²) in [4.78, 5) is 2.39. The van der Waals surface area contributed by atoms with E-state index in [2.05, 4.69) is 10.2 Å². The Hall–Kier alpha value is -0.320. The lowest BCUT2D eigenvalue weighted by molar-refractivity contribution is 0.0384. The van der Waals surface area contributed by atoms with Gasteiger partial charge in [-0.1, -0.05) is 29.3 Å². The third-order valence-corrected chi connectivity index (χ3v) is 3.78. The van der Waals surface area contributed by atoms with Crippen LogP contribution >= 0.6 is 23.2 Å². The molecule has 1 N–H and O–H groups in total. The molecule has 100 valence electrons. The molecule has 5 heteroatoms. The average Bonchev–Trinajstić information content (AvgIpc) is 2.38. The van der Waals surface area contributed by atoms with Gasteiger partial charge < -0.3 is 10.1 Å². The predicted molar refractivity (Wildman–Crippen MR) is 75.4 cm³/mol. The summed E-state index contributed by atoms with van der Waals surface area (Å²) in [6, 6.07) is 5.60. The van der Waals surface area contributed by atoms with Gasteiger partial charge in [0.15, 0.2) is 0 Å². The van der Waals surface area contributed by atoms with Gasteiger partial charge in [0.1, 0.15) is 0 Å². The van der Waals surface area contributed by atoms with E-state index in [-0.39, 0.29) is 0 Å². The normalized spacial score (nSPS) is 17.0. The van der Waals surface area contributed by atoms with Gasteiger partial charge in [0.05, 0.1) is 13.2 Å². The Morgan fingerprint density at radius 1 is 1.17 bits per heavy atom. The topological polar surface area (TPSA) is 24.5 Å². The van der Waals surface area contributed by atoms with Crippen molar-refractivity contribution in [3.63, 3.8) is 0 Å². The van der Waals surface area contributed by atoms with E-state index in [0.717, 1.165) is 55.0 Å². The van der Waals surface area contributed by atoms with Crippen molar-refractivity contribution in [3.05, 3.63) is 33.8 Å². The lowest BCUT2D eigenvalue weighted by Gasteiger charge is -2.26. The predicted octanol–water partition coefficient (Wildman–Crippen LogP) is 2.42. The summed E-state index contributed by atoms with van der Waals surface area (Å²) in [7, 11) is 0. The molecule has 1 aliphatic rings. The lowest BCUT2D eigenvalue weighted by Crippen LogP contribution is -2.40. The van der Waals surface area contributed by atoms with Crippen LogP contribution < -0.4 is 5.32 Å². The summed E-state index contributed by atoms with van der Waals surface area (Å²) in [6.07, 6.45) is 0. The second-order valence-electron chi connectivity index (χ2n) is 4.33. The Labute approximate surface area is 118 Å². The van der Waals surface area contributed by atoms with Gasteiger partial charge in [0, 0.05) is 48.3 Å². The van der Waals surface area contributed by atoms with E-state index in [1.54, 1.807) is 0 Å². The van der Waals surface area contributed by atoms with Crippen LogP contribution in [0.5, 0.6) is 0 Å². The van der Waals surface area contributed by atoms with Gasteiger partial charge in [-0.15, -0.1) is 0 Å². The summed E-state index contributed by atoms with van der Waals surface area (Å²) in [5.41, 5.74) is 0.975. The Morgan fingerprint density at radius 2 is 1.83 bits per heavy atom. The number of nitrogens with one attached hydrogen (secondary N) is 1. The highest BCUT2D eigenvalue weighted by molar-refractivity contribution is 6.35. The number of benzene rings is 1. The first-order valence-electron chi connectivity index (χ1n) is 6.21. The van der Waals surface area contributed by atoms with Crippen LogP contribution in [0.15, 0.2) is 18.2 Å². The third kappa shape index (κ3) is 4.11. The van der Waals surface area contributed by atoms with E-state index in [9.17, 15) is 0 Å². The van der Waals surface area contributed by atoms with Crippen molar-refractivity contribution in [2.24, 2.45) is 0 Å². The number of hydrogen-bond donors (Lipinski definition) is 1. The second kappa shape index (κ2) is 7.31. The Kier molecular flexibility index (Phi) is 5.73. The summed E-state index contributed by atoms with van der Waals surface area (Å²) in [5.74, 6) is 0. The molecule has 0 aromatic heterocycles. The standard InChI is InChI=1S/C13H18Cl2N2O/c14-12-2-1-3-13(15)11(12)10-16-4-5-17-6-8-18-9-7-17/h1-3,16H,4-10H2. The van der Waals surface area contributed by atoms with Crippen molar-refractivity contribution in [2.75, 3.05) is 39.4 Å². The zero-order valence-corrected chi connectivity index (χ0v) is 11.8. The number of ether oxygens (including phenoxy) is 1. The Morgan fingerprint density at radius 3 is 2.50 bits per heavy atom. The van der Waals surface area contributed by atoms with Crippen molar-refractivity contribution in [1.82, 2.24) is 10.2 Å². The van der Waals surface area contributed by atoms with E-state index in [4.69, 9.17) is 27.9 Å². The van der Waals surface area contributed by atoms with Crippen LogP contribution in [-0.4, -0.2) is 44.3 Å². The van der Waals surface area contributed by atoms with Crippen LogP contribution in [0.25, 0.3) is 0 Å². The van der Waals surface area contributed by atoms with Gasteiger partial charge in [-0.05, 0) is 12.1 Å². The molecule has 0 spiro atoms. The van der Waals surface area contributed by atoms with Crippen LogP contribution in [0.3, 0.4) is 0 Å². The molecule has 1 aliphatic heterocycles. The Balaban J connectivity index is 1.71. The molecule has 2 rings (SSSR count).